The lowest BCUT2D eigenvalue weighted by Crippen LogP contribution is -2.52. The quantitative estimate of drug-likeness (QED) is 0.683. The zero-order chi connectivity index (χ0) is 8.60. The van der Waals surface area contributed by atoms with Crippen LogP contribution in [0, 0.1) is 5.92 Å². The molecular weight excluding hydrogens is 152 g/mol. The van der Waals surface area contributed by atoms with E-state index in [-0.39, 0.29) is 5.60 Å². The highest BCUT2D eigenvalue weighted by molar-refractivity contribution is 5.00. The van der Waals surface area contributed by atoms with E-state index < -0.39 is 0 Å². The lowest BCUT2D eigenvalue weighted by molar-refractivity contribution is -0.157. The van der Waals surface area contributed by atoms with Crippen molar-refractivity contribution in [2.45, 2.75) is 50.2 Å². The monoisotopic (exact) mass is 170 g/mol. The van der Waals surface area contributed by atoms with E-state index in [0.29, 0.717) is 12.0 Å². The third-order valence-electron chi connectivity index (χ3n) is 3.61. The van der Waals surface area contributed by atoms with E-state index in [4.69, 9.17) is 4.74 Å². The Labute approximate surface area is 73.9 Å². The van der Waals surface area contributed by atoms with Gasteiger partial charge in [0.15, 0.2) is 0 Å². The molecule has 0 aromatic rings. The Morgan fingerprint density at radius 1 is 1.25 bits per heavy atom. The van der Waals surface area contributed by atoms with Crippen LogP contribution >= 0.6 is 0 Å². The first-order valence-corrected chi connectivity index (χ1v) is 5.00. The number of aliphatic hydroxyl groups is 1. The van der Waals surface area contributed by atoms with Gasteiger partial charge in [0.05, 0.1) is 11.7 Å². The van der Waals surface area contributed by atoms with Gasteiger partial charge in [-0.15, -0.1) is 0 Å². The summed E-state index contributed by atoms with van der Waals surface area (Å²) in [7, 11) is 1.74. The predicted molar refractivity (Wildman–Crippen MR) is 46.9 cm³/mol. The lowest BCUT2D eigenvalue weighted by atomic mass is 9.68. The summed E-state index contributed by atoms with van der Waals surface area (Å²) in [6, 6.07) is 0. The topological polar surface area (TPSA) is 29.5 Å². The summed E-state index contributed by atoms with van der Waals surface area (Å²) in [5.74, 6) is 0.573. The highest BCUT2D eigenvalue weighted by Gasteiger charge is 2.48. The van der Waals surface area contributed by atoms with Crippen molar-refractivity contribution < 1.29 is 9.84 Å². The molecule has 2 saturated carbocycles. The fraction of sp³-hybridized carbons (Fsp3) is 1.00. The molecule has 0 aromatic carbocycles. The molecule has 1 N–H and O–H groups in total. The van der Waals surface area contributed by atoms with E-state index in [1.165, 1.54) is 25.7 Å². The molecular formula is C10H18O2. The summed E-state index contributed by atoms with van der Waals surface area (Å²) in [5, 5.41) is 10.1. The van der Waals surface area contributed by atoms with Crippen LogP contribution in [0.15, 0.2) is 0 Å². The van der Waals surface area contributed by atoms with E-state index in [1.54, 1.807) is 7.11 Å². The molecule has 0 saturated heterocycles. The largest absolute Gasteiger partial charge is 0.389 e. The smallest absolute Gasteiger partial charge is 0.0725 e. The molecule has 0 aromatic heterocycles. The van der Waals surface area contributed by atoms with Gasteiger partial charge in [0.25, 0.3) is 0 Å². The van der Waals surface area contributed by atoms with Crippen LogP contribution in [0.3, 0.4) is 0 Å². The molecule has 2 fully saturated rings. The number of rotatable bonds is 2. The predicted octanol–water partition coefficient (Wildman–Crippen LogP) is 1.72. The molecule has 0 spiro atoms. The van der Waals surface area contributed by atoms with Crippen LogP contribution in [0.2, 0.25) is 0 Å². The lowest BCUT2D eigenvalue weighted by Gasteiger charge is -2.46. The van der Waals surface area contributed by atoms with Crippen molar-refractivity contribution in [3.05, 3.63) is 0 Å². The van der Waals surface area contributed by atoms with Gasteiger partial charge in [-0.1, -0.05) is 12.8 Å². The molecule has 12 heavy (non-hydrogen) atoms. The average Bonchev–Trinajstić information content (AvgIpc) is 2.50. The molecule has 0 atom stereocenters. The molecule has 2 rings (SSSR count). The third kappa shape index (κ3) is 1.27. The van der Waals surface area contributed by atoms with Gasteiger partial charge in [0.1, 0.15) is 0 Å². The maximum absolute atomic E-state index is 10.1. The molecule has 0 unspecified atom stereocenters. The molecule has 0 amide bonds. The van der Waals surface area contributed by atoms with Gasteiger partial charge in [0, 0.05) is 20.0 Å². The summed E-state index contributed by atoms with van der Waals surface area (Å²) < 4.78 is 5.18. The van der Waals surface area contributed by atoms with Crippen molar-refractivity contribution in [3.63, 3.8) is 0 Å². The molecule has 0 aliphatic heterocycles. The number of hydrogen-bond donors (Lipinski definition) is 1. The summed E-state index contributed by atoms with van der Waals surface area (Å²) >= 11 is 0. The second-order valence-corrected chi connectivity index (χ2v) is 4.35. The van der Waals surface area contributed by atoms with Crippen LogP contribution in [0.1, 0.15) is 38.5 Å². The second-order valence-electron chi connectivity index (χ2n) is 4.35. The van der Waals surface area contributed by atoms with E-state index in [9.17, 15) is 5.11 Å². The highest BCUT2D eigenvalue weighted by Crippen LogP contribution is 2.46. The minimum atomic E-state index is -0.350. The highest BCUT2D eigenvalue weighted by atomic mass is 16.5. The van der Waals surface area contributed by atoms with E-state index in [2.05, 4.69) is 0 Å². The molecule has 2 heteroatoms. The maximum atomic E-state index is 10.1. The van der Waals surface area contributed by atoms with Crippen molar-refractivity contribution in [3.8, 4) is 0 Å². The third-order valence-corrected chi connectivity index (χ3v) is 3.61. The van der Waals surface area contributed by atoms with Crippen LogP contribution in [0.5, 0.6) is 0 Å². The molecule has 70 valence electrons. The van der Waals surface area contributed by atoms with E-state index in [0.717, 1.165) is 12.8 Å². The first-order chi connectivity index (χ1) is 5.74. The van der Waals surface area contributed by atoms with E-state index >= 15 is 0 Å². The fourth-order valence-corrected chi connectivity index (χ4v) is 2.69. The number of methoxy groups -OCH3 is 1. The molecule has 2 aliphatic rings. The van der Waals surface area contributed by atoms with Crippen LogP contribution in [-0.2, 0) is 4.74 Å². The number of ether oxygens (including phenoxy) is 1. The zero-order valence-electron chi connectivity index (χ0n) is 7.75. The van der Waals surface area contributed by atoms with Crippen molar-refractivity contribution in [1.82, 2.24) is 0 Å². The van der Waals surface area contributed by atoms with Crippen molar-refractivity contribution in [1.29, 1.82) is 0 Å². The minimum absolute atomic E-state index is 0.329. The first-order valence-electron chi connectivity index (χ1n) is 5.00. The summed E-state index contributed by atoms with van der Waals surface area (Å²) in [6.07, 6.45) is 7.15. The Morgan fingerprint density at radius 3 is 2.33 bits per heavy atom. The normalized spacial score (nSPS) is 43.0. The Balaban J connectivity index is 1.87. The van der Waals surface area contributed by atoms with Gasteiger partial charge >= 0.3 is 0 Å². The minimum Gasteiger partial charge on any atom is -0.389 e. The zero-order valence-corrected chi connectivity index (χ0v) is 7.75. The molecule has 2 aliphatic carbocycles. The van der Waals surface area contributed by atoms with Crippen molar-refractivity contribution in [2.24, 2.45) is 5.92 Å². The standard InChI is InChI=1S/C10H18O2/c1-12-9-6-10(11,7-9)8-4-2-3-5-8/h8-9,11H,2-7H2,1H3. The van der Waals surface area contributed by atoms with Crippen molar-refractivity contribution in [2.75, 3.05) is 7.11 Å². The first kappa shape index (κ1) is 8.52. The Hall–Kier alpha value is -0.0800. The SMILES string of the molecule is COC1CC(O)(C2CCCC2)C1. The number of hydrogen-bond acceptors (Lipinski definition) is 2. The van der Waals surface area contributed by atoms with Crippen LogP contribution < -0.4 is 0 Å². The Bertz CT molecular complexity index is 155. The molecule has 2 nitrogen and oxygen atoms in total. The molecule has 0 bridgehead atoms. The van der Waals surface area contributed by atoms with Gasteiger partial charge < -0.3 is 9.84 Å². The van der Waals surface area contributed by atoms with E-state index in [1.807, 2.05) is 0 Å². The van der Waals surface area contributed by atoms with Crippen molar-refractivity contribution >= 4 is 0 Å². The summed E-state index contributed by atoms with van der Waals surface area (Å²) in [4.78, 5) is 0. The van der Waals surface area contributed by atoms with Crippen LogP contribution in [-0.4, -0.2) is 23.9 Å². The molecule has 0 heterocycles. The summed E-state index contributed by atoms with van der Waals surface area (Å²) in [6.45, 7) is 0. The van der Waals surface area contributed by atoms with Crippen LogP contribution in [0.25, 0.3) is 0 Å². The van der Waals surface area contributed by atoms with Gasteiger partial charge in [-0.25, -0.2) is 0 Å². The Morgan fingerprint density at radius 2 is 1.83 bits per heavy atom. The second kappa shape index (κ2) is 3.00. The average molecular weight is 170 g/mol. The maximum Gasteiger partial charge on any atom is 0.0725 e. The van der Waals surface area contributed by atoms with Gasteiger partial charge in [-0.2, -0.15) is 0 Å². The summed E-state index contributed by atoms with van der Waals surface area (Å²) in [5.41, 5.74) is -0.350. The van der Waals surface area contributed by atoms with Gasteiger partial charge in [0.2, 0.25) is 0 Å². The molecule has 0 radical (unpaired) electrons. The Kier molecular flexibility index (Phi) is 2.13. The van der Waals surface area contributed by atoms with Gasteiger partial charge in [-0.05, 0) is 18.8 Å². The van der Waals surface area contributed by atoms with Gasteiger partial charge in [-0.3, -0.25) is 0 Å². The fourth-order valence-electron chi connectivity index (χ4n) is 2.69. The van der Waals surface area contributed by atoms with Crippen LogP contribution in [0.4, 0.5) is 0 Å².